The van der Waals surface area contributed by atoms with Crippen LogP contribution in [-0.4, -0.2) is 60.5 Å². The minimum atomic E-state index is -0.987. The zero-order valence-corrected chi connectivity index (χ0v) is 24.7. The second-order valence-electron chi connectivity index (χ2n) is 11.0. The van der Waals surface area contributed by atoms with E-state index in [1.54, 1.807) is 24.0 Å². The number of hydrogen-bond acceptors (Lipinski definition) is 6. The first-order valence-corrected chi connectivity index (χ1v) is 14.2. The van der Waals surface area contributed by atoms with Crippen LogP contribution in [0.25, 0.3) is 0 Å². The van der Waals surface area contributed by atoms with Gasteiger partial charge in [-0.15, -0.1) is 0 Å². The highest BCUT2D eigenvalue weighted by Gasteiger charge is 2.27. The van der Waals surface area contributed by atoms with Crippen LogP contribution < -0.4 is 16.8 Å². The van der Waals surface area contributed by atoms with Gasteiger partial charge in [-0.05, 0) is 80.0 Å². The number of amides is 2. The highest BCUT2D eigenvalue weighted by atomic mass is 19.1. The van der Waals surface area contributed by atoms with Crippen LogP contribution >= 0.6 is 0 Å². The first kappa shape index (κ1) is 33.8. The number of esters is 1. The molecule has 41 heavy (non-hydrogen) atoms. The molecule has 3 atom stereocenters. The molecule has 0 saturated carbocycles. The largest absolute Gasteiger partial charge is 0.456 e. The van der Waals surface area contributed by atoms with Crippen molar-refractivity contribution in [1.82, 2.24) is 10.2 Å². The van der Waals surface area contributed by atoms with Crippen LogP contribution in [0.1, 0.15) is 78.8 Å². The molecule has 0 aliphatic rings. The van der Waals surface area contributed by atoms with Gasteiger partial charge in [-0.2, -0.15) is 0 Å². The summed E-state index contributed by atoms with van der Waals surface area (Å²) in [6, 6.07) is 6.36. The van der Waals surface area contributed by atoms with Gasteiger partial charge in [0.25, 0.3) is 5.91 Å². The Bertz CT molecular complexity index is 1160. The molecule has 226 valence electrons. The topological polar surface area (TPSA) is 128 Å². The molecule has 2 amide bonds. The van der Waals surface area contributed by atoms with Crippen LogP contribution in [0.2, 0.25) is 0 Å². The summed E-state index contributed by atoms with van der Waals surface area (Å²) in [4.78, 5) is 40.4. The van der Waals surface area contributed by atoms with Gasteiger partial charge in [-0.1, -0.05) is 27.7 Å². The molecule has 0 aromatic heterocycles. The number of carbonyl (C=O) groups is 3. The summed E-state index contributed by atoms with van der Waals surface area (Å²) >= 11 is 0. The Labute approximate surface area is 241 Å². The minimum Gasteiger partial charge on any atom is -0.456 e. The number of primary amides is 1. The van der Waals surface area contributed by atoms with Crippen molar-refractivity contribution < 1.29 is 27.9 Å². The Morgan fingerprint density at radius 1 is 0.951 bits per heavy atom. The molecule has 2 aromatic rings. The lowest BCUT2D eigenvalue weighted by Gasteiger charge is -2.27. The van der Waals surface area contributed by atoms with Crippen LogP contribution in [-0.2, 0) is 16.0 Å². The van der Waals surface area contributed by atoms with Crippen molar-refractivity contribution in [1.29, 1.82) is 0 Å². The standard InChI is InChI=1S/C31H44F2N4O4/c1-6-8-37(9-7-2)30(39)22-11-20(5)12-23(16-22)31(40)41-28(18-36-27(29(35)38)10-19(3)4)26(34)15-21-13-24(32)17-25(33)14-21/h11-14,16-17,19,26-28,36H,6-10,15,18,34H2,1-5H3,(H2,35,38)/t26-,27?,28+/m0/s1. The quantitative estimate of drug-likeness (QED) is 0.259. The predicted molar refractivity (Wildman–Crippen MR) is 155 cm³/mol. The first-order chi connectivity index (χ1) is 19.3. The maximum atomic E-state index is 13.8. The summed E-state index contributed by atoms with van der Waals surface area (Å²) in [6.45, 7) is 10.8. The van der Waals surface area contributed by atoms with E-state index in [-0.39, 0.29) is 30.4 Å². The molecule has 0 spiro atoms. The minimum absolute atomic E-state index is 0.000272. The fourth-order valence-corrected chi connectivity index (χ4v) is 4.71. The lowest BCUT2D eigenvalue weighted by Crippen LogP contribution is -2.51. The summed E-state index contributed by atoms with van der Waals surface area (Å²) in [6.07, 6.45) is 1.07. The van der Waals surface area contributed by atoms with E-state index >= 15 is 0 Å². The van der Waals surface area contributed by atoms with Gasteiger partial charge in [0.1, 0.15) is 17.7 Å². The Kier molecular flexibility index (Phi) is 13.3. The van der Waals surface area contributed by atoms with Crippen molar-refractivity contribution >= 4 is 17.8 Å². The number of halogens is 2. The predicted octanol–water partition coefficient (Wildman–Crippen LogP) is 4.12. The molecule has 0 aliphatic carbocycles. The SMILES string of the molecule is CCCN(CCC)C(=O)c1cc(C)cc(C(=O)O[C@H](CNC(CC(C)C)C(N)=O)[C@@H](N)Cc2cc(F)cc(F)c2)c1. The number of hydrogen-bond donors (Lipinski definition) is 3. The van der Waals surface area contributed by atoms with Gasteiger partial charge in [0.05, 0.1) is 11.6 Å². The third-order valence-corrected chi connectivity index (χ3v) is 6.58. The van der Waals surface area contributed by atoms with E-state index in [2.05, 4.69) is 5.32 Å². The van der Waals surface area contributed by atoms with Crippen LogP contribution in [0.5, 0.6) is 0 Å². The van der Waals surface area contributed by atoms with Gasteiger partial charge in [-0.3, -0.25) is 9.59 Å². The van der Waals surface area contributed by atoms with Crippen molar-refractivity contribution in [3.63, 3.8) is 0 Å². The number of nitrogens with two attached hydrogens (primary N) is 2. The number of aryl methyl sites for hydroxylation is 1. The number of benzene rings is 2. The van der Waals surface area contributed by atoms with Gasteiger partial charge in [0.15, 0.2) is 0 Å². The molecule has 2 aromatic carbocycles. The number of ether oxygens (including phenoxy) is 1. The zero-order chi connectivity index (χ0) is 30.7. The van der Waals surface area contributed by atoms with E-state index in [1.165, 1.54) is 6.07 Å². The smallest absolute Gasteiger partial charge is 0.338 e. The molecular formula is C31H44F2N4O4. The fourth-order valence-electron chi connectivity index (χ4n) is 4.71. The molecule has 2 rings (SSSR count). The highest BCUT2D eigenvalue weighted by Crippen LogP contribution is 2.17. The molecule has 0 heterocycles. The summed E-state index contributed by atoms with van der Waals surface area (Å²) < 4.78 is 33.4. The Morgan fingerprint density at radius 3 is 2.07 bits per heavy atom. The van der Waals surface area contributed by atoms with E-state index in [0.717, 1.165) is 31.0 Å². The van der Waals surface area contributed by atoms with Gasteiger partial charge < -0.3 is 26.4 Å². The fraction of sp³-hybridized carbons (Fsp3) is 0.516. The average molecular weight is 575 g/mol. The molecule has 5 N–H and O–H groups in total. The lowest BCUT2D eigenvalue weighted by atomic mass is 9.99. The van der Waals surface area contributed by atoms with Gasteiger partial charge in [0.2, 0.25) is 5.91 Å². The maximum absolute atomic E-state index is 13.8. The van der Waals surface area contributed by atoms with Crippen molar-refractivity contribution in [3.8, 4) is 0 Å². The lowest BCUT2D eigenvalue weighted by molar-refractivity contribution is -0.120. The van der Waals surface area contributed by atoms with Crippen molar-refractivity contribution in [2.75, 3.05) is 19.6 Å². The average Bonchev–Trinajstić information content (AvgIpc) is 2.88. The Balaban J connectivity index is 2.33. The molecule has 0 fully saturated rings. The van der Waals surface area contributed by atoms with Crippen LogP contribution in [0.4, 0.5) is 8.78 Å². The van der Waals surface area contributed by atoms with Crippen molar-refractivity contribution in [3.05, 3.63) is 70.3 Å². The maximum Gasteiger partial charge on any atom is 0.338 e. The molecule has 0 saturated heterocycles. The zero-order valence-electron chi connectivity index (χ0n) is 24.7. The number of nitrogens with zero attached hydrogens (tertiary/aromatic N) is 1. The van der Waals surface area contributed by atoms with E-state index in [4.69, 9.17) is 16.2 Å². The van der Waals surface area contributed by atoms with Gasteiger partial charge >= 0.3 is 5.97 Å². The van der Waals surface area contributed by atoms with Crippen LogP contribution in [0.3, 0.4) is 0 Å². The molecule has 8 nitrogen and oxygen atoms in total. The number of nitrogens with one attached hydrogen (secondary N) is 1. The van der Waals surface area contributed by atoms with E-state index in [1.807, 2.05) is 27.7 Å². The monoisotopic (exact) mass is 574 g/mol. The Hall–Kier alpha value is -3.37. The molecule has 0 radical (unpaired) electrons. The van der Waals surface area contributed by atoms with E-state index in [9.17, 15) is 23.2 Å². The number of rotatable bonds is 16. The molecule has 0 bridgehead atoms. The number of carbonyl (C=O) groups excluding carboxylic acids is 3. The summed E-state index contributed by atoms with van der Waals surface area (Å²) in [5.41, 5.74) is 13.5. The van der Waals surface area contributed by atoms with Crippen molar-refractivity contribution in [2.45, 2.75) is 78.5 Å². The second-order valence-corrected chi connectivity index (χ2v) is 11.0. The molecule has 10 heteroatoms. The van der Waals surface area contributed by atoms with Crippen LogP contribution in [0, 0.1) is 24.5 Å². The van der Waals surface area contributed by atoms with Gasteiger partial charge in [-0.25, -0.2) is 13.6 Å². The Morgan fingerprint density at radius 2 is 1.54 bits per heavy atom. The summed E-state index contributed by atoms with van der Waals surface area (Å²) in [7, 11) is 0. The molecule has 1 unspecified atom stereocenters. The van der Waals surface area contributed by atoms with Crippen molar-refractivity contribution in [2.24, 2.45) is 17.4 Å². The van der Waals surface area contributed by atoms with E-state index in [0.29, 0.717) is 36.2 Å². The summed E-state index contributed by atoms with van der Waals surface area (Å²) in [5, 5.41) is 3.04. The highest BCUT2D eigenvalue weighted by molar-refractivity contribution is 5.98. The first-order valence-electron chi connectivity index (χ1n) is 14.2. The molecular weight excluding hydrogens is 530 g/mol. The summed E-state index contributed by atoms with van der Waals surface area (Å²) in [5.74, 6) is -2.79. The van der Waals surface area contributed by atoms with Gasteiger partial charge in [0, 0.05) is 37.3 Å². The second kappa shape index (κ2) is 16.2. The third kappa shape index (κ3) is 10.8. The normalized spacial score (nSPS) is 13.5. The van der Waals surface area contributed by atoms with E-state index < -0.39 is 41.7 Å². The third-order valence-electron chi connectivity index (χ3n) is 6.58. The molecule has 0 aliphatic heterocycles. The van der Waals surface area contributed by atoms with Crippen LogP contribution in [0.15, 0.2) is 36.4 Å².